The molecule has 1 heterocycles. The number of nitrogens with one attached hydrogen (secondary N) is 1. The summed E-state index contributed by atoms with van der Waals surface area (Å²) >= 11 is 1.65. The van der Waals surface area contributed by atoms with Crippen LogP contribution in [0.4, 0.5) is 11.4 Å². The van der Waals surface area contributed by atoms with Crippen LogP contribution in [0.5, 0.6) is 0 Å². The van der Waals surface area contributed by atoms with E-state index in [1.54, 1.807) is 11.8 Å². The Kier molecular flexibility index (Phi) is 5.21. The van der Waals surface area contributed by atoms with Crippen LogP contribution in [0.15, 0.2) is 48.5 Å². The van der Waals surface area contributed by atoms with Crippen molar-refractivity contribution < 1.29 is 9.59 Å². The van der Waals surface area contributed by atoms with Crippen LogP contribution in [-0.2, 0) is 16.0 Å². The molecule has 0 unspecified atom stereocenters. The Balaban J connectivity index is 1.52. The van der Waals surface area contributed by atoms with Crippen molar-refractivity contribution >= 4 is 35.0 Å². The van der Waals surface area contributed by atoms with Crippen molar-refractivity contribution in [3.05, 3.63) is 59.7 Å². The van der Waals surface area contributed by atoms with E-state index >= 15 is 0 Å². The van der Waals surface area contributed by atoms with Gasteiger partial charge in [0.25, 0.3) is 0 Å². The van der Waals surface area contributed by atoms with E-state index in [-0.39, 0.29) is 23.1 Å². The number of anilines is 2. The van der Waals surface area contributed by atoms with Gasteiger partial charge in [-0.3, -0.25) is 14.5 Å². The maximum atomic E-state index is 12.5. The Hall–Kier alpha value is -2.27. The number of rotatable bonds is 5. The van der Waals surface area contributed by atoms with Gasteiger partial charge in [-0.15, -0.1) is 11.8 Å². The largest absolute Gasteiger partial charge is 0.326 e. The Bertz CT molecular complexity index is 846. The predicted octanol–water partition coefficient (Wildman–Crippen LogP) is 4.77. The summed E-state index contributed by atoms with van der Waals surface area (Å²) in [5.74, 6) is 0.924. The fourth-order valence-electron chi connectivity index (χ4n) is 3.52. The normalized spacial score (nSPS) is 19.8. The summed E-state index contributed by atoms with van der Waals surface area (Å²) in [6.45, 7) is 2.12. The maximum Gasteiger partial charge on any atom is 0.238 e. The van der Waals surface area contributed by atoms with Gasteiger partial charge in [0, 0.05) is 17.3 Å². The number of hydrogen-bond donors (Lipinski definition) is 1. The van der Waals surface area contributed by atoms with Crippen molar-refractivity contribution in [3.63, 3.8) is 0 Å². The van der Waals surface area contributed by atoms with Gasteiger partial charge in [-0.25, -0.2) is 0 Å². The standard InChI is InChI=1S/C22H24N2O2S/c1-2-15-5-3-8-19(13-15)24-20(25)14-27-22(24)17-9-11-18(12-10-17)23-21(26)16-6-4-7-16/h3,5,8-13,16,22H,2,4,6-7,14H2,1H3,(H,23,26)/t22-/m1/s1. The molecule has 0 bridgehead atoms. The average Bonchev–Trinajstić information content (AvgIpc) is 3.02. The van der Waals surface area contributed by atoms with Crippen molar-refractivity contribution in [2.45, 2.75) is 38.0 Å². The van der Waals surface area contributed by atoms with Crippen LogP contribution >= 0.6 is 11.8 Å². The first-order valence-corrected chi connectivity index (χ1v) is 10.6. The first kappa shape index (κ1) is 18.1. The van der Waals surface area contributed by atoms with Crippen LogP contribution in [-0.4, -0.2) is 17.6 Å². The Morgan fingerprint density at radius 1 is 1.19 bits per heavy atom. The molecule has 1 aliphatic carbocycles. The molecule has 1 atom stereocenters. The van der Waals surface area contributed by atoms with Crippen LogP contribution in [0.25, 0.3) is 0 Å². The average molecular weight is 381 g/mol. The van der Waals surface area contributed by atoms with Crippen LogP contribution in [0.2, 0.25) is 0 Å². The summed E-state index contributed by atoms with van der Waals surface area (Å²) in [4.78, 5) is 26.5. The number of aryl methyl sites for hydroxylation is 1. The molecule has 1 N–H and O–H groups in total. The molecule has 4 nitrogen and oxygen atoms in total. The molecule has 2 aliphatic rings. The van der Waals surface area contributed by atoms with Crippen molar-refractivity contribution in [3.8, 4) is 0 Å². The van der Waals surface area contributed by atoms with E-state index in [0.29, 0.717) is 5.75 Å². The second kappa shape index (κ2) is 7.77. The first-order chi connectivity index (χ1) is 13.2. The lowest BCUT2D eigenvalue weighted by Crippen LogP contribution is -2.28. The molecule has 1 saturated carbocycles. The number of carbonyl (C=O) groups is 2. The second-order valence-corrected chi connectivity index (χ2v) is 8.26. The smallest absolute Gasteiger partial charge is 0.238 e. The Labute approximate surface area is 164 Å². The molecule has 0 radical (unpaired) electrons. The highest BCUT2D eigenvalue weighted by Crippen LogP contribution is 2.42. The van der Waals surface area contributed by atoms with Crippen LogP contribution in [0.1, 0.15) is 42.7 Å². The molecule has 5 heteroatoms. The van der Waals surface area contributed by atoms with Gasteiger partial charge in [0.1, 0.15) is 5.37 Å². The Morgan fingerprint density at radius 3 is 2.63 bits per heavy atom. The van der Waals surface area contributed by atoms with Gasteiger partial charge in [-0.05, 0) is 54.7 Å². The monoisotopic (exact) mass is 380 g/mol. The molecule has 140 valence electrons. The molecule has 2 aromatic carbocycles. The molecular weight excluding hydrogens is 356 g/mol. The maximum absolute atomic E-state index is 12.5. The SMILES string of the molecule is CCc1cccc(N2C(=O)CS[C@@H]2c2ccc(NC(=O)C3CCC3)cc2)c1. The second-order valence-electron chi connectivity index (χ2n) is 7.19. The summed E-state index contributed by atoms with van der Waals surface area (Å²) < 4.78 is 0. The van der Waals surface area contributed by atoms with Crippen LogP contribution in [0, 0.1) is 5.92 Å². The molecule has 27 heavy (non-hydrogen) atoms. The minimum Gasteiger partial charge on any atom is -0.326 e. The van der Waals surface area contributed by atoms with E-state index in [9.17, 15) is 9.59 Å². The van der Waals surface area contributed by atoms with Gasteiger partial charge in [-0.2, -0.15) is 0 Å². The lowest BCUT2D eigenvalue weighted by atomic mass is 9.85. The lowest BCUT2D eigenvalue weighted by molar-refractivity contribution is -0.122. The molecule has 2 amide bonds. The lowest BCUT2D eigenvalue weighted by Gasteiger charge is -2.25. The molecule has 0 aromatic heterocycles. The van der Waals surface area contributed by atoms with E-state index in [1.165, 1.54) is 5.56 Å². The zero-order valence-electron chi connectivity index (χ0n) is 15.5. The van der Waals surface area contributed by atoms with E-state index < -0.39 is 0 Å². The number of amides is 2. The van der Waals surface area contributed by atoms with Crippen molar-refractivity contribution in [1.82, 2.24) is 0 Å². The van der Waals surface area contributed by atoms with Gasteiger partial charge in [0.15, 0.2) is 0 Å². The molecular formula is C22H24N2O2S. The summed E-state index contributed by atoms with van der Waals surface area (Å²) in [6.07, 6.45) is 4.09. The third kappa shape index (κ3) is 3.74. The zero-order valence-corrected chi connectivity index (χ0v) is 16.3. The highest BCUT2D eigenvalue weighted by atomic mass is 32.2. The van der Waals surface area contributed by atoms with Gasteiger partial charge in [-0.1, -0.05) is 37.6 Å². The number of thioether (sulfide) groups is 1. The summed E-state index contributed by atoms with van der Waals surface area (Å²) in [5.41, 5.74) is 4.08. The summed E-state index contributed by atoms with van der Waals surface area (Å²) in [6, 6.07) is 16.1. The van der Waals surface area contributed by atoms with Crippen molar-refractivity contribution in [2.75, 3.05) is 16.0 Å². The number of carbonyl (C=O) groups excluding carboxylic acids is 2. The first-order valence-electron chi connectivity index (χ1n) is 9.59. The van der Waals surface area contributed by atoms with E-state index in [2.05, 4.69) is 24.4 Å². The quantitative estimate of drug-likeness (QED) is 0.813. The zero-order chi connectivity index (χ0) is 18.8. The Morgan fingerprint density at radius 2 is 1.96 bits per heavy atom. The third-order valence-corrected chi connectivity index (χ3v) is 6.62. The van der Waals surface area contributed by atoms with Gasteiger partial charge < -0.3 is 5.32 Å². The number of benzene rings is 2. The van der Waals surface area contributed by atoms with Crippen molar-refractivity contribution in [2.24, 2.45) is 5.92 Å². The molecule has 0 spiro atoms. The van der Waals surface area contributed by atoms with Crippen molar-refractivity contribution in [1.29, 1.82) is 0 Å². The summed E-state index contributed by atoms with van der Waals surface area (Å²) in [5, 5.41) is 2.98. The minimum absolute atomic E-state index is 0.0269. The van der Waals surface area contributed by atoms with Gasteiger partial charge in [0.2, 0.25) is 11.8 Å². The van der Waals surface area contributed by atoms with Gasteiger partial charge >= 0.3 is 0 Å². The fraction of sp³-hybridized carbons (Fsp3) is 0.364. The third-order valence-electron chi connectivity index (χ3n) is 5.40. The highest BCUT2D eigenvalue weighted by Gasteiger charge is 2.34. The van der Waals surface area contributed by atoms with Crippen LogP contribution in [0.3, 0.4) is 0 Å². The molecule has 1 aliphatic heterocycles. The number of hydrogen-bond acceptors (Lipinski definition) is 3. The van der Waals surface area contributed by atoms with E-state index in [1.807, 2.05) is 41.3 Å². The summed E-state index contributed by atoms with van der Waals surface area (Å²) in [7, 11) is 0. The molecule has 1 saturated heterocycles. The van der Waals surface area contributed by atoms with Gasteiger partial charge in [0.05, 0.1) is 5.75 Å². The minimum atomic E-state index is -0.0269. The number of nitrogens with zero attached hydrogens (tertiary/aromatic N) is 1. The van der Waals surface area contributed by atoms with E-state index in [4.69, 9.17) is 0 Å². The molecule has 4 rings (SSSR count). The topological polar surface area (TPSA) is 49.4 Å². The molecule has 2 fully saturated rings. The predicted molar refractivity (Wildman–Crippen MR) is 111 cm³/mol. The fourth-order valence-corrected chi connectivity index (χ4v) is 4.70. The highest BCUT2D eigenvalue weighted by molar-refractivity contribution is 8.00. The molecule has 2 aromatic rings. The van der Waals surface area contributed by atoms with E-state index in [0.717, 1.165) is 42.6 Å². The van der Waals surface area contributed by atoms with Crippen LogP contribution < -0.4 is 10.2 Å².